The lowest BCUT2D eigenvalue weighted by Crippen LogP contribution is -2.02. The molecule has 0 radical (unpaired) electrons. The van der Waals surface area contributed by atoms with Crippen molar-refractivity contribution in [2.24, 2.45) is 0 Å². The Morgan fingerprint density at radius 2 is 2.15 bits per heavy atom. The third-order valence-corrected chi connectivity index (χ3v) is 3.99. The average molecular weight is 401 g/mol. The zero-order chi connectivity index (χ0) is 14.7. The number of nitrogens with zero attached hydrogens (tertiary/aromatic N) is 2. The van der Waals surface area contributed by atoms with Crippen LogP contribution in [0.1, 0.15) is 5.69 Å². The number of anilines is 2. The van der Waals surface area contributed by atoms with Crippen LogP contribution in [-0.2, 0) is 6.54 Å². The molecule has 6 heteroatoms. The molecule has 0 amide bonds. The van der Waals surface area contributed by atoms with E-state index in [1.165, 1.54) is 0 Å². The Morgan fingerprint density at radius 1 is 1.40 bits per heavy atom. The number of hydrogen-bond acceptors (Lipinski definition) is 3. The largest absolute Gasteiger partial charge is 0.495 e. The number of ether oxygens (including phenoxy) is 1. The van der Waals surface area contributed by atoms with E-state index in [0.29, 0.717) is 6.54 Å². The molecule has 0 fully saturated rings. The first-order chi connectivity index (χ1) is 9.55. The van der Waals surface area contributed by atoms with E-state index in [-0.39, 0.29) is 0 Å². The maximum absolute atomic E-state index is 5.31. The predicted molar refractivity (Wildman–Crippen MR) is 88.8 cm³/mol. The van der Waals surface area contributed by atoms with Crippen LogP contribution in [0, 0.1) is 6.92 Å². The minimum Gasteiger partial charge on any atom is -0.495 e. The van der Waals surface area contributed by atoms with Gasteiger partial charge in [-0.1, -0.05) is 6.08 Å². The van der Waals surface area contributed by atoms with Crippen LogP contribution >= 0.6 is 31.9 Å². The van der Waals surface area contributed by atoms with Gasteiger partial charge in [-0.2, -0.15) is 0 Å². The molecule has 0 atom stereocenters. The number of aromatic nitrogens is 2. The second-order valence-electron chi connectivity index (χ2n) is 4.24. The van der Waals surface area contributed by atoms with Crippen LogP contribution in [0.4, 0.5) is 11.6 Å². The lowest BCUT2D eigenvalue weighted by molar-refractivity contribution is 0.412. The monoisotopic (exact) mass is 399 g/mol. The summed E-state index contributed by atoms with van der Waals surface area (Å²) in [4.78, 5) is 4.47. The fraction of sp³-hybridized carbons (Fsp3) is 0.214. The Balaban J connectivity index is 2.36. The number of aryl methyl sites for hydroxylation is 1. The first-order valence-electron chi connectivity index (χ1n) is 6.00. The van der Waals surface area contributed by atoms with Crippen LogP contribution in [-0.4, -0.2) is 16.7 Å². The van der Waals surface area contributed by atoms with Crippen molar-refractivity contribution in [2.75, 3.05) is 12.4 Å². The third kappa shape index (κ3) is 3.24. The minimum absolute atomic E-state index is 0.703. The number of methoxy groups -OCH3 is 1. The maximum Gasteiger partial charge on any atom is 0.207 e. The zero-order valence-corrected chi connectivity index (χ0v) is 14.5. The summed E-state index contributed by atoms with van der Waals surface area (Å²) in [5.74, 6) is 1.53. The highest BCUT2D eigenvalue weighted by atomic mass is 79.9. The van der Waals surface area contributed by atoms with Crippen molar-refractivity contribution in [2.45, 2.75) is 13.5 Å². The van der Waals surface area contributed by atoms with Crippen LogP contribution in [0.25, 0.3) is 0 Å². The lowest BCUT2D eigenvalue weighted by Gasteiger charge is -2.12. The first kappa shape index (κ1) is 15.1. The number of imidazole rings is 1. The summed E-state index contributed by atoms with van der Waals surface area (Å²) in [5, 5.41) is 3.30. The van der Waals surface area contributed by atoms with Gasteiger partial charge in [0, 0.05) is 23.3 Å². The molecule has 0 aliphatic rings. The van der Waals surface area contributed by atoms with Crippen molar-refractivity contribution in [1.82, 2.24) is 9.55 Å². The van der Waals surface area contributed by atoms with Gasteiger partial charge in [0.15, 0.2) is 0 Å². The molecule has 0 aliphatic heterocycles. The topological polar surface area (TPSA) is 39.1 Å². The predicted octanol–water partition coefficient (Wildman–Crippen LogP) is 4.65. The fourth-order valence-corrected chi connectivity index (χ4v) is 3.08. The van der Waals surface area contributed by atoms with Gasteiger partial charge in [-0.05, 0) is 44.8 Å². The summed E-state index contributed by atoms with van der Waals surface area (Å²) in [5.41, 5.74) is 1.84. The fourth-order valence-electron chi connectivity index (χ4n) is 1.83. The summed E-state index contributed by atoms with van der Waals surface area (Å²) in [7, 11) is 1.64. The molecule has 0 saturated heterocycles. The van der Waals surface area contributed by atoms with E-state index in [9.17, 15) is 0 Å². The van der Waals surface area contributed by atoms with Crippen LogP contribution in [0.5, 0.6) is 5.75 Å². The molecule has 1 aromatic heterocycles. The molecule has 0 aliphatic carbocycles. The van der Waals surface area contributed by atoms with Gasteiger partial charge in [0.2, 0.25) is 5.95 Å². The van der Waals surface area contributed by atoms with Crippen LogP contribution in [0.3, 0.4) is 0 Å². The summed E-state index contributed by atoms with van der Waals surface area (Å²) >= 11 is 6.99. The minimum atomic E-state index is 0.703. The molecule has 106 valence electrons. The van der Waals surface area contributed by atoms with Crippen molar-refractivity contribution in [1.29, 1.82) is 0 Å². The lowest BCUT2D eigenvalue weighted by atomic mass is 10.3. The second kappa shape index (κ2) is 6.45. The van der Waals surface area contributed by atoms with Crippen LogP contribution in [0.2, 0.25) is 0 Å². The van der Waals surface area contributed by atoms with E-state index in [4.69, 9.17) is 4.74 Å². The highest BCUT2D eigenvalue weighted by Crippen LogP contribution is 2.35. The van der Waals surface area contributed by atoms with Crippen molar-refractivity contribution in [3.05, 3.63) is 45.6 Å². The quantitative estimate of drug-likeness (QED) is 0.742. The van der Waals surface area contributed by atoms with Crippen LogP contribution < -0.4 is 10.1 Å². The molecule has 1 heterocycles. The van der Waals surface area contributed by atoms with Gasteiger partial charge in [0.25, 0.3) is 0 Å². The highest BCUT2D eigenvalue weighted by molar-refractivity contribution is 9.11. The molecule has 1 N–H and O–H groups in total. The van der Waals surface area contributed by atoms with Crippen molar-refractivity contribution >= 4 is 43.5 Å². The number of allylic oxidation sites excluding steroid dienone is 1. The second-order valence-corrected chi connectivity index (χ2v) is 5.95. The molecule has 20 heavy (non-hydrogen) atoms. The standard InChI is InChI=1S/C14H15Br2N3O/c1-4-5-19-8-9(2)17-14(19)18-12-7-13(20-3)11(16)6-10(12)15/h4,6-8H,1,5H2,2-3H3,(H,17,18). The Kier molecular flexibility index (Phi) is 4.88. The molecule has 0 spiro atoms. The number of rotatable bonds is 5. The van der Waals surface area contributed by atoms with E-state index < -0.39 is 0 Å². The van der Waals surface area contributed by atoms with E-state index in [1.807, 2.05) is 35.9 Å². The molecule has 0 unspecified atom stereocenters. The van der Waals surface area contributed by atoms with Gasteiger partial charge in [-0.3, -0.25) is 0 Å². The SMILES string of the molecule is C=CCn1cc(C)nc1Nc1cc(OC)c(Br)cc1Br. The summed E-state index contributed by atoms with van der Waals surface area (Å²) in [6.07, 6.45) is 3.82. The van der Waals surface area contributed by atoms with Gasteiger partial charge >= 0.3 is 0 Å². The van der Waals surface area contributed by atoms with Gasteiger partial charge in [0.1, 0.15) is 5.75 Å². The highest BCUT2D eigenvalue weighted by Gasteiger charge is 2.10. The van der Waals surface area contributed by atoms with Gasteiger partial charge < -0.3 is 14.6 Å². The summed E-state index contributed by atoms with van der Waals surface area (Å²) < 4.78 is 9.13. The number of halogens is 2. The van der Waals surface area contributed by atoms with E-state index in [1.54, 1.807) is 7.11 Å². The molecule has 2 rings (SSSR count). The number of benzene rings is 1. The number of nitrogens with one attached hydrogen (secondary N) is 1. The Morgan fingerprint density at radius 3 is 2.80 bits per heavy atom. The van der Waals surface area contributed by atoms with Crippen molar-refractivity contribution < 1.29 is 4.74 Å². The summed E-state index contributed by atoms with van der Waals surface area (Å²) in [6.45, 7) is 6.42. The maximum atomic E-state index is 5.31. The molecule has 0 saturated carbocycles. The first-order valence-corrected chi connectivity index (χ1v) is 7.58. The van der Waals surface area contributed by atoms with Crippen molar-refractivity contribution in [3.63, 3.8) is 0 Å². The Labute approximate surface area is 135 Å². The zero-order valence-electron chi connectivity index (χ0n) is 11.3. The van der Waals surface area contributed by atoms with Gasteiger partial charge in [0.05, 0.1) is 23.0 Å². The smallest absolute Gasteiger partial charge is 0.207 e. The Bertz CT molecular complexity index is 638. The molecule has 0 bridgehead atoms. The van der Waals surface area contributed by atoms with Gasteiger partial charge in [-0.25, -0.2) is 4.98 Å². The molecular formula is C14H15Br2N3O. The van der Waals surface area contributed by atoms with E-state index in [2.05, 4.69) is 48.7 Å². The van der Waals surface area contributed by atoms with Gasteiger partial charge in [-0.15, -0.1) is 6.58 Å². The molecular weight excluding hydrogens is 386 g/mol. The average Bonchev–Trinajstić information content (AvgIpc) is 2.73. The number of hydrogen-bond donors (Lipinski definition) is 1. The molecule has 1 aromatic carbocycles. The molecule has 4 nitrogen and oxygen atoms in total. The molecule has 2 aromatic rings. The Hall–Kier alpha value is -1.27. The summed E-state index contributed by atoms with van der Waals surface area (Å²) in [6, 6.07) is 3.85. The van der Waals surface area contributed by atoms with Crippen LogP contribution in [0.15, 0.2) is 39.9 Å². The third-order valence-electron chi connectivity index (χ3n) is 2.71. The van der Waals surface area contributed by atoms with E-state index >= 15 is 0 Å². The normalized spacial score (nSPS) is 10.4. The van der Waals surface area contributed by atoms with E-state index in [0.717, 1.165) is 32.0 Å². The van der Waals surface area contributed by atoms with Crippen molar-refractivity contribution in [3.8, 4) is 5.75 Å².